The number of rotatable bonds is 2. The van der Waals surface area contributed by atoms with Gasteiger partial charge < -0.3 is 5.73 Å². The van der Waals surface area contributed by atoms with Crippen LogP contribution >= 0.6 is 0 Å². The molecule has 3 heteroatoms. The molecular weight excluding hydrogens is 150 g/mol. The van der Waals surface area contributed by atoms with Gasteiger partial charge in [0.2, 0.25) is 0 Å². The van der Waals surface area contributed by atoms with Crippen LogP contribution in [0.4, 0.5) is 5.69 Å². The first-order valence-electron chi connectivity index (χ1n) is 4.62. The lowest BCUT2D eigenvalue weighted by Crippen LogP contribution is -2.07. The Kier molecular flexibility index (Phi) is 2.02. The second-order valence-corrected chi connectivity index (χ2v) is 3.65. The van der Waals surface area contributed by atoms with Crippen LogP contribution in [0.15, 0.2) is 12.4 Å². The van der Waals surface area contributed by atoms with Gasteiger partial charge in [0.15, 0.2) is 0 Å². The summed E-state index contributed by atoms with van der Waals surface area (Å²) in [6.45, 7) is 1.05. The summed E-state index contributed by atoms with van der Waals surface area (Å²) in [6.07, 6.45) is 9.13. The molecule has 2 N–H and O–H groups in total. The summed E-state index contributed by atoms with van der Waals surface area (Å²) in [5, 5.41) is 4.17. The molecule has 1 fully saturated rings. The summed E-state index contributed by atoms with van der Waals surface area (Å²) >= 11 is 0. The van der Waals surface area contributed by atoms with Crippen LogP contribution in [0.2, 0.25) is 0 Å². The SMILES string of the molecule is Nc1cnn(CC2CCCC2)c1. The molecule has 1 aromatic rings. The van der Waals surface area contributed by atoms with E-state index in [1.807, 2.05) is 10.9 Å². The third-order valence-electron chi connectivity index (χ3n) is 2.57. The highest BCUT2D eigenvalue weighted by atomic mass is 15.3. The van der Waals surface area contributed by atoms with Crippen molar-refractivity contribution in [2.45, 2.75) is 32.2 Å². The highest BCUT2D eigenvalue weighted by molar-refractivity contribution is 5.30. The van der Waals surface area contributed by atoms with Crippen molar-refractivity contribution >= 4 is 5.69 Å². The topological polar surface area (TPSA) is 43.8 Å². The molecule has 0 aromatic carbocycles. The van der Waals surface area contributed by atoms with Crippen molar-refractivity contribution in [3.8, 4) is 0 Å². The minimum absolute atomic E-state index is 0.771. The molecule has 0 atom stereocenters. The Morgan fingerprint density at radius 3 is 2.83 bits per heavy atom. The molecule has 66 valence electrons. The van der Waals surface area contributed by atoms with Crippen molar-refractivity contribution in [3.05, 3.63) is 12.4 Å². The lowest BCUT2D eigenvalue weighted by Gasteiger charge is -2.07. The van der Waals surface area contributed by atoms with Gasteiger partial charge in [0.25, 0.3) is 0 Å². The van der Waals surface area contributed by atoms with Crippen LogP contribution in [0.25, 0.3) is 0 Å². The number of nitrogens with two attached hydrogens (primary N) is 1. The van der Waals surface area contributed by atoms with E-state index in [2.05, 4.69) is 5.10 Å². The predicted molar refractivity (Wildman–Crippen MR) is 48.6 cm³/mol. The Hall–Kier alpha value is -0.990. The zero-order valence-electron chi connectivity index (χ0n) is 7.24. The number of anilines is 1. The van der Waals surface area contributed by atoms with Gasteiger partial charge in [-0.1, -0.05) is 12.8 Å². The maximum atomic E-state index is 5.57. The maximum absolute atomic E-state index is 5.57. The zero-order chi connectivity index (χ0) is 8.39. The molecule has 0 amide bonds. The molecule has 0 spiro atoms. The Morgan fingerprint density at radius 2 is 2.25 bits per heavy atom. The predicted octanol–water partition coefficient (Wildman–Crippen LogP) is 1.66. The van der Waals surface area contributed by atoms with Gasteiger partial charge in [0.1, 0.15) is 0 Å². The fraction of sp³-hybridized carbons (Fsp3) is 0.667. The molecule has 0 aliphatic heterocycles. The lowest BCUT2D eigenvalue weighted by molar-refractivity contribution is 0.429. The van der Waals surface area contributed by atoms with Gasteiger partial charge in [-0.05, 0) is 18.8 Å². The van der Waals surface area contributed by atoms with Crippen molar-refractivity contribution < 1.29 is 0 Å². The molecule has 12 heavy (non-hydrogen) atoms. The second kappa shape index (κ2) is 3.17. The van der Waals surface area contributed by atoms with E-state index >= 15 is 0 Å². The Labute approximate surface area is 72.6 Å². The Morgan fingerprint density at radius 1 is 1.50 bits per heavy atom. The average Bonchev–Trinajstić information content (AvgIpc) is 2.63. The fourth-order valence-electron chi connectivity index (χ4n) is 1.94. The first-order chi connectivity index (χ1) is 5.84. The normalized spacial score (nSPS) is 18.7. The van der Waals surface area contributed by atoms with Crippen LogP contribution in [0, 0.1) is 5.92 Å². The van der Waals surface area contributed by atoms with Gasteiger partial charge in [-0.25, -0.2) is 0 Å². The number of nitrogens with zero attached hydrogens (tertiary/aromatic N) is 2. The third-order valence-corrected chi connectivity index (χ3v) is 2.57. The standard InChI is InChI=1S/C9H15N3/c10-9-5-11-12(7-9)6-8-3-1-2-4-8/h5,7-8H,1-4,6,10H2. The zero-order valence-corrected chi connectivity index (χ0v) is 7.24. The van der Waals surface area contributed by atoms with Gasteiger partial charge in [0.05, 0.1) is 11.9 Å². The average molecular weight is 165 g/mol. The van der Waals surface area contributed by atoms with E-state index in [1.54, 1.807) is 6.20 Å². The number of aromatic nitrogens is 2. The van der Waals surface area contributed by atoms with E-state index in [-0.39, 0.29) is 0 Å². The van der Waals surface area contributed by atoms with Crippen LogP contribution in [-0.2, 0) is 6.54 Å². The largest absolute Gasteiger partial charge is 0.396 e. The van der Waals surface area contributed by atoms with Gasteiger partial charge >= 0.3 is 0 Å². The molecule has 1 aromatic heterocycles. The third kappa shape index (κ3) is 1.60. The van der Waals surface area contributed by atoms with E-state index in [0.29, 0.717) is 0 Å². The highest BCUT2D eigenvalue weighted by Gasteiger charge is 2.15. The van der Waals surface area contributed by atoms with Gasteiger partial charge in [-0.2, -0.15) is 5.10 Å². The first kappa shape index (κ1) is 7.65. The summed E-state index contributed by atoms with van der Waals surface area (Å²) in [7, 11) is 0. The number of hydrogen-bond acceptors (Lipinski definition) is 2. The number of nitrogen functional groups attached to an aromatic ring is 1. The second-order valence-electron chi connectivity index (χ2n) is 3.65. The van der Waals surface area contributed by atoms with Crippen LogP contribution in [-0.4, -0.2) is 9.78 Å². The van der Waals surface area contributed by atoms with Gasteiger partial charge in [-0.3, -0.25) is 4.68 Å². The minimum Gasteiger partial charge on any atom is -0.396 e. The van der Waals surface area contributed by atoms with Crippen molar-refractivity contribution in [2.75, 3.05) is 5.73 Å². The van der Waals surface area contributed by atoms with Crippen molar-refractivity contribution in [1.29, 1.82) is 0 Å². The van der Waals surface area contributed by atoms with E-state index < -0.39 is 0 Å². The van der Waals surface area contributed by atoms with Crippen molar-refractivity contribution in [2.24, 2.45) is 5.92 Å². The quantitative estimate of drug-likeness (QED) is 0.724. The molecule has 1 heterocycles. The molecule has 0 unspecified atom stereocenters. The molecule has 1 aliphatic rings. The molecule has 3 nitrogen and oxygen atoms in total. The molecule has 0 bridgehead atoms. The molecule has 1 saturated carbocycles. The van der Waals surface area contributed by atoms with Crippen LogP contribution in [0.3, 0.4) is 0 Å². The number of hydrogen-bond donors (Lipinski definition) is 1. The fourth-order valence-corrected chi connectivity index (χ4v) is 1.94. The molecule has 0 radical (unpaired) electrons. The molecule has 2 rings (SSSR count). The summed E-state index contributed by atoms with van der Waals surface area (Å²) in [4.78, 5) is 0. The van der Waals surface area contributed by atoms with Crippen molar-refractivity contribution in [1.82, 2.24) is 9.78 Å². The van der Waals surface area contributed by atoms with E-state index in [4.69, 9.17) is 5.73 Å². The first-order valence-corrected chi connectivity index (χ1v) is 4.62. The monoisotopic (exact) mass is 165 g/mol. The van der Waals surface area contributed by atoms with E-state index in [0.717, 1.165) is 18.2 Å². The van der Waals surface area contributed by atoms with Crippen LogP contribution in [0.5, 0.6) is 0 Å². The van der Waals surface area contributed by atoms with Crippen LogP contribution < -0.4 is 5.73 Å². The van der Waals surface area contributed by atoms with Gasteiger partial charge in [-0.15, -0.1) is 0 Å². The maximum Gasteiger partial charge on any atom is 0.0719 e. The van der Waals surface area contributed by atoms with E-state index in [1.165, 1.54) is 25.7 Å². The van der Waals surface area contributed by atoms with E-state index in [9.17, 15) is 0 Å². The smallest absolute Gasteiger partial charge is 0.0719 e. The summed E-state index contributed by atoms with van der Waals surface area (Å²) < 4.78 is 1.96. The molecular formula is C9H15N3. The summed E-state index contributed by atoms with van der Waals surface area (Å²) in [6, 6.07) is 0. The highest BCUT2D eigenvalue weighted by Crippen LogP contribution is 2.25. The van der Waals surface area contributed by atoms with Crippen LogP contribution in [0.1, 0.15) is 25.7 Å². The lowest BCUT2D eigenvalue weighted by atomic mass is 10.1. The van der Waals surface area contributed by atoms with Crippen molar-refractivity contribution in [3.63, 3.8) is 0 Å². The minimum atomic E-state index is 0.771. The summed E-state index contributed by atoms with van der Waals surface area (Å²) in [5.41, 5.74) is 6.34. The van der Waals surface area contributed by atoms with Gasteiger partial charge in [0, 0.05) is 12.7 Å². The Balaban J connectivity index is 1.94. The Bertz CT molecular complexity index is 248. The summed E-state index contributed by atoms with van der Waals surface area (Å²) in [5.74, 6) is 0.837. The molecule has 1 aliphatic carbocycles. The molecule has 0 saturated heterocycles.